The number of rotatable bonds is 25. The van der Waals surface area contributed by atoms with Gasteiger partial charge < -0.3 is 23.8 Å². The molecule has 0 spiro atoms. The van der Waals surface area contributed by atoms with Crippen LogP contribution in [-0.4, -0.2) is 80.6 Å². The predicted molar refractivity (Wildman–Crippen MR) is 151 cm³/mol. The van der Waals surface area contributed by atoms with Gasteiger partial charge in [-0.3, -0.25) is 9.59 Å². The summed E-state index contributed by atoms with van der Waals surface area (Å²) < 4.78 is 16.9. The lowest BCUT2D eigenvalue weighted by Crippen LogP contribution is -2.50. The van der Waals surface area contributed by atoms with Crippen molar-refractivity contribution in [3.63, 3.8) is 0 Å². The van der Waals surface area contributed by atoms with Crippen molar-refractivity contribution < 1.29 is 38.2 Å². The van der Waals surface area contributed by atoms with Crippen LogP contribution in [0.15, 0.2) is 12.2 Å². The highest BCUT2D eigenvalue weighted by atomic mass is 16.6. The van der Waals surface area contributed by atoms with Crippen molar-refractivity contribution in [2.45, 2.75) is 122 Å². The van der Waals surface area contributed by atoms with Crippen LogP contribution in [0.5, 0.6) is 0 Å². The Kier molecular flexibility index (Phi) is 21.8. The van der Waals surface area contributed by atoms with E-state index in [1.165, 1.54) is 25.7 Å². The van der Waals surface area contributed by atoms with E-state index in [0.29, 0.717) is 19.3 Å². The minimum Gasteiger partial charge on any atom is -0.477 e. The molecular weight excluding hydrogens is 486 g/mol. The summed E-state index contributed by atoms with van der Waals surface area (Å²) in [5.74, 6) is -1.52. The zero-order valence-electron chi connectivity index (χ0n) is 24.9. The molecule has 0 aromatic rings. The summed E-state index contributed by atoms with van der Waals surface area (Å²) in [4.78, 5) is 36.0. The molecule has 0 aliphatic carbocycles. The number of nitrogens with zero attached hydrogens (tertiary/aromatic N) is 1. The highest BCUT2D eigenvalue weighted by Gasteiger charge is 2.31. The van der Waals surface area contributed by atoms with Crippen LogP contribution in [0.25, 0.3) is 0 Å². The van der Waals surface area contributed by atoms with Gasteiger partial charge in [-0.15, -0.1) is 0 Å². The molecule has 0 fully saturated rings. The topological polar surface area (TPSA) is 99.1 Å². The van der Waals surface area contributed by atoms with Gasteiger partial charge in [0, 0.05) is 19.3 Å². The van der Waals surface area contributed by atoms with Crippen molar-refractivity contribution >= 4 is 17.9 Å². The Morgan fingerprint density at radius 2 is 1.34 bits per heavy atom. The number of hydrogen-bond donors (Lipinski definition) is 1. The molecule has 0 aliphatic heterocycles. The average molecular weight is 543 g/mol. The molecule has 222 valence electrons. The third kappa shape index (κ3) is 21.1. The summed E-state index contributed by atoms with van der Waals surface area (Å²) in [6.45, 7) is 4.48. The summed E-state index contributed by atoms with van der Waals surface area (Å²) in [5.41, 5.74) is 0. The van der Waals surface area contributed by atoms with Gasteiger partial charge in [0.05, 0.1) is 34.4 Å². The van der Waals surface area contributed by atoms with E-state index in [9.17, 15) is 19.5 Å². The maximum Gasteiger partial charge on any atom is 0.362 e. The lowest BCUT2D eigenvalue weighted by molar-refractivity contribution is -0.887. The number of ether oxygens (including phenoxy) is 3. The van der Waals surface area contributed by atoms with Gasteiger partial charge in [-0.1, -0.05) is 70.9 Å². The van der Waals surface area contributed by atoms with Crippen molar-refractivity contribution in [1.29, 1.82) is 0 Å². The van der Waals surface area contributed by atoms with Crippen molar-refractivity contribution in [2.75, 3.05) is 41.0 Å². The molecule has 0 heterocycles. The number of carboxylic acids is 1. The summed E-state index contributed by atoms with van der Waals surface area (Å²) in [7, 11) is 5.48. The van der Waals surface area contributed by atoms with Gasteiger partial charge >= 0.3 is 17.9 Å². The molecule has 0 saturated carbocycles. The van der Waals surface area contributed by atoms with Crippen LogP contribution in [0.4, 0.5) is 0 Å². The average Bonchev–Trinajstić information content (AvgIpc) is 2.84. The van der Waals surface area contributed by atoms with Gasteiger partial charge in [0.1, 0.15) is 6.61 Å². The van der Waals surface area contributed by atoms with E-state index >= 15 is 0 Å². The molecule has 8 nitrogen and oxygen atoms in total. The van der Waals surface area contributed by atoms with Gasteiger partial charge in [-0.2, -0.15) is 0 Å². The van der Waals surface area contributed by atoms with Gasteiger partial charge in [-0.05, 0) is 32.1 Å². The summed E-state index contributed by atoms with van der Waals surface area (Å²) in [5, 5.41) is 9.47. The molecule has 0 rings (SSSR count). The molecule has 2 unspecified atom stereocenters. The lowest BCUT2D eigenvalue weighted by Gasteiger charge is -2.31. The Balaban J connectivity index is 4.44. The number of carboxylic acid groups (broad SMARTS) is 1. The van der Waals surface area contributed by atoms with E-state index < -0.39 is 18.1 Å². The molecule has 0 aromatic carbocycles. The van der Waals surface area contributed by atoms with Crippen LogP contribution in [-0.2, 0) is 28.6 Å². The number of hydrogen-bond acceptors (Lipinski definition) is 6. The van der Waals surface area contributed by atoms with Crippen LogP contribution in [0, 0.1) is 0 Å². The van der Waals surface area contributed by atoms with Crippen molar-refractivity contribution in [3.05, 3.63) is 12.2 Å². The van der Waals surface area contributed by atoms with Crippen LogP contribution in [0.3, 0.4) is 0 Å². The fraction of sp³-hybridized carbons (Fsp3) is 0.833. The van der Waals surface area contributed by atoms with E-state index in [1.807, 2.05) is 21.1 Å². The first-order valence-corrected chi connectivity index (χ1v) is 14.7. The number of quaternary nitrogens is 1. The van der Waals surface area contributed by atoms with Crippen molar-refractivity contribution in [3.8, 4) is 0 Å². The lowest BCUT2D eigenvalue weighted by atomic mass is 10.1. The van der Waals surface area contributed by atoms with E-state index in [1.54, 1.807) is 0 Å². The molecule has 0 aliphatic rings. The Morgan fingerprint density at radius 3 is 1.97 bits per heavy atom. The minimum atomic E-state index is -0.881. The van der Waals surface area contributed by atoms with E-state index in [4.69, 9.17) is 14.2 Å². The molecule has 0 bridgehead atoms. The number of allylic oxidation sites excluding steroid dienone is 2. The zero-order chi connectivity index (χ0) is 28.7. The Hall–Kier alpha value is -1.93. The second-order valence-electron chi connectivity index (χ2n) is 11.0. The third-order valence-electron chi connectivity index (χ3n) is 6.41. The van der Waals surface area contributed by atoms with Crippen molar-refractivity contribution in [1.82, 2.24) is 0 Å². The molecule has 8 heteroatoms. The predicted octanol–water partition coefficient (Wildman–Crippen LogP) is 6.06. The number of likely N-dealkylation sites (N-methyl/N-ethyl adjacent to an activating group) is 1. The number of esters is 2. The van der Waals surface area contributed by atoms with Gasteiger partial charge in [0.2, 0.25) is 0 Å². The molecule has 38 heavy (non-hydrogen) atoms. The van der Waals surface area contributed by atoms with Crippen molar-refractivity contribution in [2.24, 2.45) is 0 Å². The highest BCUT2D eigenvalue weighted by Crippen LogP contribution is 2.11. The summed E-state index contributed by atoms with van der Waals surface area (Å²) >= 11 is 0. The number of carbonyl (C=O) groups is 3. The fourth-order valence-electron chi connectivity index (χ4n) is 4.01. The molecule has 0 radical (unpaired) electrons. The second kappa shape index (κ2) is 23.0. The molecular formula is C30H56NO7+. The number of carbonyl (C=O) groups excluding carboxylic acids is 2. The first-order chi connectivity index (χ1) is 18.1. The SMILES string of the molecule is CCCC/C=C\CCCCCCCC(=O)OC(COCCC(C(=O)O)[N+](C)(C)C)COC(=O)CCCCC. The first kappa shape index (κ1) is 36.1. The van der Waals surface area contributed by atoms with Crippen LogP contribution < -0.4 is 0 Å². The standard InChI is InChI=1S/C30H55NO7/c1-6-8-10-11-12-13-14-15-16-17-19-21-29(33)38-26(25-37-28(32)20-18-9-7-2)24-36-23-22-27(30(34)35)31(3,4)5/h11-12,26-27H,6-10,13-25H2,1-5H3/p+1/b12-11-. The Morgan fingerprint density at radius 1 is 0.763 bits per heavy atom. The smallest absolute Gasteiger partial charge is 0.362 e. The molecule has 2 atom stereocenters. The summed E-state index contributed by atoms with van der Waals surface area (Å²) in [6, 6.07) is -0.607. The Labute approximate surface area is 231 Å². The maximum absolute atomic E-state index is 12.4. The Bertz CT molecular complexity index is 657. The third-order valence-corrected chi connectivity index (χ3v) is 6.41. The van der Waals surface area contributed by atoms with Crippen LogP contribution >= 0.6 is 0 Å². The molecule has 1 N–H and O–H groups in total. The monoisotopic (exact) mass is 542 g/mol. The minimum absolute atomic E-state index is 0.0554. The van der Waals surface area contributed by atoms with Crippen LogP contribution in [0.1, 0.15) is 110 Å². The van der Waals surface area contributed by atoms with E-state index in [2.05, 4.69) is 26.0 Å². The van der Waals surface area contributed by atoms with E-state index in [-0.39, 0.29) is 36.2 Å². The number of aliphatic carboxylic acids is 1. The first-order valence-electron chi connectivity index (χ1n) is 14.7. The normalized spacial score (nSPS) is 13.4. The number of unbranched alkanes of at least 4 members (excludes halogenated alkanes) is 9. The van der Waals surface area contributed by atoms with Gasteiger partial charge in [-0.25, -0.2) is 4.79 Å². The molecule has 0 amide bonds. The fourth-order valence-corrected chi connectivity index (χ4v) is 4.01. The quantitative estimate of drug-likeness (QED) is 0.0647. The molecule has 0 aromatic heterocycles. The van der Waals surface area contributed by atoms with Crippen LogP contribution in [0.2, 0.25) is 0 Å². The van der Waals surface area contributed by atoms with Gasteiger partial charge in [0.25, 0.3) is 0 Å². The molecule has 0 saturated heterocycles. The van der Waals surface area contributed by atoms with Gasteiger partial charge in [0.15, 0.2) is 12.1 Å². The largest absolute Gasteiger partial charge is 0.477 e. The maximum atomic E-state index is 12.4. The highest BCUT2D eigenvalue weighted by molar-refractivity contribution is 5.72. The zero-order valence-corrected chi connectivity index (χ0v) is 24.9. The second-order valence-corrected chi connectivity index (χ2v) is 11.0. The van der Waals surface area contributed by atoms with E-state index in [0.717, 1.165) is 51.4 Å². The summed E-state index contributed by atoms with van der Waals surface area (Å²) in [6.07, 6.45) is 17.5.